The number of hydrogen-bond donors (Lipinski definition) is 2. The van der Waals surface area contributed by atoms with Crippen LogP contribution in [0.2, 0.25) is 0 Å². The van der Waals surface area contributed by atoms with Crippen molar-refractivity contribution in [3.8, 4) is 0 Å². The number of hydrogen-bond acceptors (Lipinski definition) is 4. The van der Waals surface area contributed by atoms with Crippen LogP contribution in [0.1, 0.15) is 0 Å². The molecular weight excluding hydrogens is 133 g/mol. The molecule has 0 rings (SSSR count). The summed E-state index contributed by atoms with van der Waals surface area (Å²) < 4.78 is 10.6. The van der Waals surface area contributed by atoms with E-state index in [1.54, 1.807) is 0 Å². The molecule has 4 nitrogen and oxygen atoms in total. The van der Waals surface area contributed by atoms with Crippen LogP contribution in [0.5, 0.6) is 0 Å². The van der Waals surface area contributed by atoms with E-state index >= 15 is 0 Å². The fourth-order valence-electron chi connectivity index (χ4n) is 0.0833. The van der Waals surface area contributed by atoms with Crippen molar-refractivity contribution in [2.24, 2.45) is 5.73 Å². The third kappa shape index (κ3) is 9.19. The maximum Gasteiger partial charge on any atom is 0.319 e. The summed E-state index contributed by atoms with van der Waals surface area (Å²) in [4.78, 5) is 9.83. The lowest BCUT2D eigenvalue weighted by molar-refractivity contribution is -0.138. The Balaban J connectivity index is 0. The summed E-state index contributed by atoms with van der Waals surface area (Å²) in [5.41, 5.74) is 4.81. The number of esters is 1. The molecule has 0 atom stereocenters. The van der Waals surface area contributed by atoms with Gasteiger partial charge in [-0.2, -0.15) is 0 Å². The average molecular weight is 142 g/mol. The van der Waals surface area contributed by atoms with Crippen LogP contribution >= 0.6 is 11.9 Å². The molecule has 0 heterocycles. The SMILES string of the molecule is COC(=O)CN.OCl. The monoisotopic (exact) mass is 141 g/mol. The zero-order chi connectivity index (χ0) is 6.99. The molecule has 3 N–H and O–H groups in total. The third-order valence-electron chi connectivity index (χ3n) is 0.394. The molecule has 0 unspecified atom stereocenters. The summed E-state index contributed by atoms with van der Waals surface area (Å²) in [6, 6.07) is 0. The van der Waals surface area contributed by atoms with E-state index in [4.69, 9.17) is 10.4 Å². The average Bonchev–Trinajstić information content (AvgIpc) is 1.91. The highest BCUT2D eigenvalue weighted by atomic mass is 35.5. The van der Waals surface area contributed by atoms with Gasteiger partial charge in [0.1, 0.15) is 0 Å². The minimum atomic E-state index is -0.380. The van der Waals surface area contributed by atoms with E-state index < -0.39 is 0 Å². The molecule has 0 fully saturated rings. The zero-order valence-electron chi connectivity index (χ0n) is 4.43. The molecular formula is C3H8ClNO3. The van der Waals surface area contributed by atoms with Gasteiger partial charge in [0.05, 0.1) is 25.5 Å². The summed E-state index contributed by atoms with van der Waals surface area (Å²) in [6.45, 7) is -0.0312. The Labute approximate surface area is 52.4 Å². The first-order chi connectivity index (χ1) is 3.81. The summed E-state index contributed by atoms with van der Waals surface area (Å²) in [5, 5.41) is 0. The molecule has 0 aliphatic heterocycles. The molecule has 8 heavy (non-hydrogen) atoms. The van der Waals surface area contributed by atoms with E-state index in [1.807, 2.05) is 0 Å². The summed E-state index contributed by atoms with van der Waals surface area (Å²) in [6.07, 6.45) is 0. The van der Waals surface area contributed by atoms with E-state index in [0.29, 0.717) is 0 Å². The number of carbonyl (C=O) groups excluding carboxylic acids is 1. The van der Waals surface area contributed by atoms with Crippen LogP contribution in [0.3, 0.4) is 0 Å². The Kier molecular flexibility index (Phi) is 13.1. The van der Waals surface area contributed by atoms with Crippen LogP contribution in [0.4, 0.5) is 0 Å². The van der Waals surface area contributed by atoms with E-state index in [2.05, 4.69) is 16.6 Å². The van der Waals surface area contributed by atoms with E-state index in [1.165, 1.54) is 7.11 Å². The number of nitrogens with two attached hydrogens (primary N) is 1. The number of carbonyl (C=O) groups is 1. The van der Waals surface area contributed by atoms with Crippen LogP contribution in [0.15, 0.2) is 0 Å². The van der Waals surface area contributed by atoms with Crippen LogP contribution in [-0.2, 0) is 9.53 Å². The highest BCUT2D eigenvalue weighted by Crippen LogP contribution is 1.61. The fraction of sp³-hybridized carbons (Fsp3) is 0.667. The molecule has 0 aliphatic rings. The molecule has 0 aromatic carbocycles. The van der Waals surface area contributed by atoms with Gasteiger partial charge in [-0.3, -0.25) is 9.45 Å². The predicted molar refractivity (Wildman–Crippen MR) is 29.1 cm³/mol. The van der Waals surface area contributed by atoms with Gasteiger partial charge in [0.25, 0.3) is 0 Å². The lowest BCUT2D eigenvalue weighted by atomic mass is 10.7. The van der Waals surface area contributed by atoms with Crippen molar-refractivity contribution >= 4 is 17.8 Å². The first-order valence-corrected chi connectivity index (χ1v) is 2.09. The number of rotatable bonds is 1. The molecule has 0 aliphatic carbocycles. The standard InChI is InChI=1S/C3H7NO2.ClHO/c1-6-3(5)2-4;1-2/h2,4H2,1H3;2H. The Bertz CT molecular complexity index is 52.5. The lowest BCUT2D eigenvalue weighted by Gasteiger charge is -1.87. The van der Waals surface area contributed by atoms with Gasteiger partial charge < -0.3 is 10.5 Å². The third-order valence-corrected chi connectivity index (χ3v) is 0.394. The summed E-state index contributed by atoms with van der Waals surface area (Å²) in [5.74, 6) is -0.380. The second kappa shape index (κ2) is 9.84. The molecule has 0 spiro atoms. The first-order valence-electron chi connectivity index (χ1n) is 1.75. The van der Waals surface area contributed by atoms with Gasteiger partial charge in [-0.15, -0.1) is 0 Å². The molecule has 0 saturated carbocycles. The van der Waals surface area contributed by atoms with Gasteiger partial charge in [-0.1, -0.05) is 0 Å². The quantitative estimate of drug-likeness (QED) is 0.472. The van der Waals surface area contributed by atoms with E-state index in [0.717, 1.165) is 0 Å². The second-order valence-corrected chi connectivity index (χ2v) is 0.780. The molecule has 50 valence electrons. The van der Waals surface area contributed by atoms with Crippen molar-refractivity contribution in [2.75, 3.05) is 13.7 Å². The van der Waals surface area contributed by atoms with Crippen LogP contribution < -0.4 is 5.73 Å². The lowest BCUT2D eigenvalue weighted by Crippen LogP contribution is -2.14. The van der Waals surface area contributed by atoms with Crippen LogP contribution in [0.25, 0.3) is 0 Å². The summed E-state index contributed by atoms with van der Waals surface area (Å²) >= 11 is 3.64. The maximum atomic E-state index is 9.83. The van der Waals surface area contributed by atoms with Crippen molar-refractivity contribution in [1.82, 2.24) is 0 Å². The maximum absolute atomic E-state index is 9.83. The largest absolute Gasteiger partial charge is 0.468 e. The van der Waals surface area contributed by atoms with Gasteiger partial charge in [-0.05, 0) is 0 Å². The molecule has 5 heteroatoms. The van der Waals surface area contributed by atoms with Crippen molar-refractivity contribution in [2.45, 2.75) is 0 Å². The first kappa shape index (κ1) is 10.6. The van der Waals surface area contributed by atoms with Crippen LogP contribution in [-0.4, -0.2) is 24.3 Å². The summed E-state index contributed by atoms with van der Waals surface area (Å²) in [7, 11) is 1.30. The minimum Gasteiger partial charge on any atom is -0.468 e. The second-order valence-electron chi connectivity index (χ2n) is 0.780. The molecule has 0 radical (unpaired) electrons. The number of ether oxygens (including phenoxy) is 1. The van der Waals surface area contributed by atoms with Gasteiger partial charge in [-0.25, -0.2) is 0 Å². The molecule has 0 saturated heterocycles. The van der Waals surface area contributed by atoms with Gasteiger partial charge >= 0.3 is 5.97 Å². The highest BCUT2D eigenvalue weighted by molar-refractivity contribution is 6.04. The Hall–Kier alpha value is -0.320. The zero-order valence-corrected chi connectivity index (χ0v) is 5.18. The van der Waals surface area contributed by atoms with Gasteiger partial charge in [0.2, 0.25) is 0 Å². The van der Waals surface area contributed by atoms with Crippen LogP contribution in [0, 0.1) is 0 Å². The fourth-order valence-corrected chi connectivity index (χ4v) is 0.0833. The van der Waals surface area contributed by atoms with Gasteiger partial charge in [0.15, 0.2) is 0 Å². The number of methoxy groups -OCH3 is 1. The Morgan fingerprint density at radius 2 is 2.25 bits per heavy atom. The topological polar surface area (TPSA) is 72.5 Å². The molecule has 0 aromatic heterocycles. The van der Waals surface area contributed by atoms with Gasteiger partial charge in [0, 0.05) is 0 Å². The Morgan fingerprint density at radius 3 is 2.25 bits per heavy atom. The highest BCUT2D eigenvalue weighted by Gasteiger charge is 1.87. The molecule has 0 aromatic rings. The number of halogens is 1. The Morgan fingerprint density at radius 1 is 1.88 bits per heavy atom. The van der Waals surface area contributed by atoms with E-state index in [9.17, 15) is 4.79 Å². The molecule has 0 bridgehead atoms. The predicted octanol–water partition coefficient (Wildman–Crippen LogP) is -0.749. The van der Waals surface area contributed by atoms with E-state index in [-0.39, 0.29) is 12.5 Å². The van der Waals surface area contributed by atoms with Crippen molar-refractivity contribution in [3.05, 3.63) is 0 Å². The van der Waals surface area contributed by atoms with Crippen molar-refractivity contribution in [3.63, 3.8) is 0 Å². The van der Waals surface area contributed by atoms with Crippen molar-refractivity contribution < 1.29 is 14.2 Å². The van der Waals surface area contributed by atoms with Crippen molar-refractivity contribution in [1.29, 1.82) is 0 Å². The normalized spacial score (nSPS) is 6.50. The smallest absolute Gasteiger partial charge is 0.319 e. The molecule has 0 amide bonds. The minimum absolute atomic E-state index is 0.0312.